The van der Waals surface area contributed by atoms with E-state index in [1.165, 1.54) is 11.6 Å². The predicted octanol–water partition coefficient (Wildman–Crippen LogP) is 2.82. The number of benzene rings is 1. The van der Waals surface area contributed by atoms with Crippen molar-refractivity contribution < 1.29 is 14.6 Å². The van der Waals surface area contributed by atoms with Crippen LogP contribution in [0.1, 0.15) is 28.9 Å². The van der Waals surface area contributed by atoms with Crippen LogP contribution in [0.15, 0.2) is 48.5 Å². The van der Waals surface area contributed by atoms with Crippen molar-refractivity contribution in [3.8, 4) is 5.88 Å². The third-order valence-corrected chi connectivity index (χ3v) is 4.01. The van der Waals surface area contributed by atoms with E-state index in [-0.39, 0.29) is 11.8 Å². The van der Waals surface area contributed by atoms with E-state index in [1.54, 1.807) is 12.1 Å². The highest BCUT2D eigenvalue weighted by molar-refractivity contribution is 5.85. The van der Waals surface area contributed by atoms with Crippen LogP contribution in [-0.2, 0) is 6.54 Å². The summed E-state index contributed by atoms with van der Waals surface area (Å²) in [6.45, 7) is 2.90. The monoisotopic (exact) mass is 312 g/mol. The van der Waals surface area contributed by atoms with Crippen molar-refractivity contribution in [2.75, 3.05) is 13.1 Å². The summed E-state index contributed by atoms with van der Waals surface area (Å²) < 4.78 is 5.84. The number of carbonyl (C=O) groups is 1. The highest BCUT2D eigenvalue weighted by Crippen LogP contribution is 2.19. The van der Waals surface area contributed by atoms with Crippen LogP contribution < -0.4 is 4.74 Å². The number of hydrogen-bond donors (Lipinski definition) is 1. The molecule has 0 saturated carbocycles. The zero-order chi connectivity index (χ0) is 16.1. The number of aromatic carboxylic acids is 1. The lowest BCUT2D eigenvalue weighted by Gasteiger charge is -2.31. The maximum absolute atomic E-state index is 10.9. The van der Waals surface area contributed by atoms with Gasteiger partial charge in [0, 0.05) is 25.7 Å². The Labute approximate surface area is 135 Å². The lowest BCUT2D eigenvalue weighted by molar-refractivity contribution is 0.0683. The molecule has 1 N–H and O–H groups in total. The van der Waals surface area contributed by atoms with Gasteiger partial charge in [0.05, 0.1) is 0 Å². The van der Waals surface area contributed by atoms with Gasteiger partial charge in [0.2, 0.25) is 5.88 Å². The second-order valence-corrected chi connectivity index (χ2v) is 5.75. The highest BCUT2D eigenvalue weighted by atomic mass is 16.5. The Morgan fingerprint density at radius 1 is 1.13 bits per heavy atom. The molecule has 0 atom stereocenters. The Bertz CT molecular complexity index is 652. The van der Waals surface area contributed by atoms with Gasteiger partial charge in [0.15, 0.2) is 5.69 Å². The summed E-state index contributed by atoms with van der Waals surface area (Å²) in [6.07, 6.45) is 1.94. The maximum Gasteiger partial charge on any atom is 0.354 e. The first kappa shape index (κ1) is 15.5. The minimum atomic E-state index is -1.03. The highest BCUT2D eigenvalue weighted by Gasteiger charge is 2.21. The van der Waals surface area contributed by atoms with Crippen LogP contribution in [0.5, 0.6) is 5.88 Å². The molecule has 1 saturated heterocycles. The van der Waals surface area contributed by atoms with E-state index in [0.29, 0.717) is 5.88 Å². The van der Waals surface area contributed by atoms with E-state index in [0.717, 1.165) is 32.5 Å². The third kappa shape index (κ3) is 4.29. The molecular weight excluding hydrogens is 292 g/mol. The number of carboxylic acid groups (broad SMARTS) is 1. The summed E-state index contributed by atoms with van der Waals surface area (Å²) in [5, 5.41) is 8.97. The van der Waals surface area contributed by atoms with Crippen LogP contribution in [0, 0.1) is 0 Å². The smallest absolute Gasteiger partial charge is 0.354 e. The number of hydrogen-bond acceptors (Lipinski definition) is 4. The molecule has 0 unspecified atom stereocenters. The molecule has 0 bridgehead atoms. The first-order valence-corrected chi connectivity index (χ1v) is 7.84. The van der Waals surface area contributed by atoms with Crippen molar-refractivity contribution in [1.29, 1.82) is 0 Å². The number of piperidine rings is 1. The van der Waals surface area contributed by atoms with Gasteiger partial charge < -0.3 is 9.84 Å². The quantitative estimate of drug-likeness (QED) is 0.920. The van der Waals surface area contributed by atoms with Gasteiger partial charge in [-0.25, -0.2) is 9.78 Å². The molecule has 3 rings (SSSR count). The topological polar surface area (TPSA) is 62.7 Å². The molecule has 23 heavy (non-hydrogen) atoms. The molecule has 5 heteroatoms. The van der Waals surface area contributed by atoms with Gasteiger partial charge in [-0.15, -0.1) is 0 Å². The van der Waals surface area contributed by atoms with Crippen molar-refractivity contribution in [3.63, 3.8) is 0 Å². The molecule has 5 nitrogen and oxygen atoms in total. The van der Waals surface area contributed by atoms with Gasteiger partial charge in [-0.05, 0) is 24.5 Å². The SMILES string of the molecule is O=C(O)c1cccc(OC2CCN(Cc3ccccc3)CC2)n1. The Morgan fingerprint density at radius 3 is 2.57 bits per heavy atom. The zero-order valence-corrected chi connectivity index (χ0v) is 12.9. The molecule has 1 aromatic heterocycles. The third-order valence-electron chi connectivity index (χ3n) is 4.01. The van der Waals surface area contributed by atoms with Crippen LogP contribution in [0.3, 0.4) is 0 Å². The number of aromatic nitrogens is 1. The number of carboxylic acids is 1. The molecule has 2 heterocycles. The van der Waals surface area contributed by atoms with Crippen molar-refractivity contribution in [2.24, 2.45) is 0 Å². The number of ether oxygens (including phenoxy) is 1. The van der Waals surface area contributed by atoms with Gasteiger partial charge in [-0.3, -0.25) is 4.90 Å². The molecule has 1 aromatic carbocycles. The lowest BCUT2D eigenvalue weighted by atomic mass is 10.1. The summed E-state index contributed by atoms with van der Waals surface area (Å²) >= 11 is 0. The minimum Gasteiger partial charge on any atom is -0.477 e. The molecule has 1 fully saturated rings. The summed E-state index contributed by atoms with van der Waals surface area (Å²) in [5.41, 5.74) is 1.34. The fraction of sp³-hybridized carbons (Fsp3) is 0.333. The van der Waals surface area contributed by atoms with E-state index in [2.05, 4.69) is 34.1 Å². The molecule has 0 amide bonds. The average molecular weight is 312 g/mol. The van der Waals surface area contributed by atoms with Crippen molar-refractivity contribution in [1.82, 2.24) is 9.88 Å². The summed E-state index contributed by atoms with van der Waals surface area (Å²) in [7, 11) is 0. The molecule has 1 aliphatic rings. The number of nitrogens with zero attached hydrogens (tertiary/aromatic N) is 2. The van der Waals surface area contributed by atoms with Crippen molar-refractivity contribution in [2.45, 2.75) is 25.5 Å². The van der Waals surface area contributed by atoms with Gasteiger partial charge in [0.25, 0.3) is 0 Å². The molecule has 1 aliphatic heterocycles. The van der Waals surface area contributed by atoms with Crippen LogP contribution in [0.25, 0.3) is 0 Å². The fourth-order valence-corrected chi connectivity index (χ4v) is 2.80. The standard InChI is InChI=1S/C18H20N2O3/c21-18(22)16-7-4-8-17(19-16)23-15-9-11-20(12-10-15)13-14-5-2-1-3-6-14/h1-8,15H,9-13H2,(H,21,22). The first-order chi connectivity index (χ1) is 11.2. The van der Waals surface area contributed by atoms with Crippen LogP contribution in [0.2, 0.25) is 0 Å². The van der Waals surface area contributed by atoms with Crippen molar-refractivity contribution in [3.05, 3.63) is 59.8 Å². The fourth-order valence-electron chi connectivity index (χ4n) is 2.80. The second kappa shape index (κ2) is 7.24. The van der Waals surface area contributed by atoms with E-state index < -0.39 is 5.97 Å². The largest absolute Gasteiger partial charge is 0.477 e. The molecule has 0 spiro atoms. The van der Waals surface area contributed by atoms with Gasteiger partial charge >= 0.3 is 5.97 Å². The summed E-state index contributed by atoms with van der Waals surface area (Å²) in [4.78, 5) is 17.4. The van der Waals surface area contributed by atoms with Gasteiger partial charge in [0.1, 0.15) is 6.10 Å². The van der Waals surface area contributed by atoms with E-state index >= 15 is 0 Å². The van der Waals surface area contributed by atoms with E-state index in [4.69, 9.17) is 9.84 Å². The summed E-state index contributed by atoms with van der Waals surface area (Å²) in [5.74, 6) is -0.639. The lowest BCUT2D eigenvalue weighted by Crippen LogP contribution is -2.37. The predicted molar refractivity (Wildman–Crippen MR) is 86.6 cm³/mol. The minimum absolute atomic E-state index is 0.0176. The van der Waals surface area contributed by atoms with Crippen LogP contribution >= 0.6 is 0 Å². The maximum atomic E-state index is 10.9. The van der Waals surface area contributed by atoms with Crippen LogP contribution in [0.4, 0.5) is 0 Å². The Hall–Kier alpha value is -2.40. The molecule has 2 aromatic rings. The molecule has 120 valence electrons. The van der Waals surface area contributed by atoms with E-state index in [9.17, 15) is 4.79 Å². The van der Waals surface area contributed by atoms with E-state index in [1.807, 2.05) is 6.07 Å². The average Bonchev–Trinajstić information content (AvgIpc) is 2.58. The molecular formula is C18H20N2O3. The Morgan fingerprint density at radius 2 is 1.87 bits per heavy atom. The number of rotatable bonds is 5. The summed E-state index contributed by atoms with van der Waals surface area (Å²) in [6, 6.07) is 15.3. The van der Waals surface area contributed by atoms with Gasteiger partial charge in [-0.2, -0.15) is 0 Å². The van der Waals surface area contributed by atoms with Crippen molar-refractivity contribution >= 4 is 5.97 Å². The van der Waals surface area contributed by atoms with Gasteiger partial charge in [-0.1, -0.05) is 36.4 Å². The zero-order valence-electron chi connectivity index (χ0n) is 12.9. The Kier molecular flexibility index (Phi) is 4.88. The number of pyridine rings is 1. The number of likely N-dealkylation sites (tertiary alicyclic amines) is 1. The second-order valence-electron chi connectivity index (χ2n) is 5.75. The normalized spacial score (nSPS) is 16.2. The first-order valence-electron chi connectivity index (χ1n) is 7.84. The molecule has 0 radical (unpaired) electrons. The molecule has 0 aliphatic carbocycles. The van der Waals surface area contributed by atoms with Crippen LogP contribution in [-0.4, -0.2) is 40.2 Å². The Balaban J connectivity index is 1.51.